The van der Waals surface area contributed by atoms with E-state index in [0.717, 1.165) is 38.5 Å². The number of aliphatic hydroxyl groups excluding tert-OH is 1. The van der Waals surface area contributed by atoms with Crippen molar-refractivity contribution in [3.63, 3.8) is 0 Å². The van der Waals surface area contributed by atoms with Gasteiger partial charge in [-0.15, -0.1) is 0 Å². The van der Waals surface area contributed by atoms with Crippen molar-refractivity contribution in [1.82, 2.24) is 0 Å². The van der Waals surface area contributed by atoms with E-state index in [-0.39, 0.29) is 12.8 Å². The van der Waals surface area contributed by atoms with Gasteiger partial charge < -0.3 is 14.6 Å². The first-order chi connectivity index (χ1) is 15.1. The molecule has 1 atom stereocenters. The number of allylic oxidation sites excluding steroid dienone is 10. The van der Waals surface area contributed by atoms with E-state index >= 15 is 0 Å². The molecule has 0 bridgehead atoms. The zero-order valence-electron chi connectivity index (χ0n) is 19.2. The van der Waals surface area contributed by atoms with Crippen molar-refractivity contribution >= 4 is 11.9 Å². The van der Waals surface area contributed by atoms with Crippen molar-refractivity contribution < 1.29 is 24.2 Å². The number of esters is 2. The van der Waals surface area contributed by atoms with Gasteiger partial charge in [0.25, 0.3) is 0 Å². The Morgan fingerprint density at radius 1 is 0.742 bits per heavy atom. The first-order valence-electron chi connectivity index (χ1n) is 11.3. The van der Waals surface area contributed by atoms with Crippen molar-refractivity contribution in [3.8, 4) is 0 Å². The molecule has 0 spiro atoms. The molecule has 0 fully saturated rings. The van der Waals surface area contributed by atoms with Crippen molar-refractivity contribution in [2.24, 2.45) is 0 Å². The second-order valence-corrected chi connectivity index (χ2v) is 7.02. The van der Waals surface area contributed by atoms with Crippen LogP contribution in [-0.4, -0.2) is 29.9 Å². The smallest absolute Gasteiger partial charge is 0.311 e. The van der Waals surface area contributed by atoms with Crippen LogP contribution in [-0.2, 0) is 19.1 Å². The predicted molar refractivity (Wildman–Crippen MR) is 126 cm³/mol. The molecule has 0 aliphatic carbocycles. The number of hydrogen-bond acceptors (Lipinski definition) is 5. The second kappa shape index (κ2) is 22.3. The highest BCUT2D eigenvalue weighted by Crippen LogP contribution is 2.02. The molecule has 0 aromatic carbocycles. The maximum Gasteiger partial charge on any atom is 0.311 e. The molecule has 31 heavy (non-hydrogen) atoms. The average molecular weight is 433 g/mol. The van der Waals surface area contributed by atoms with Gasteiger partial charge in [0.05, 0.1) is 12.5 Å². The number of ether oxygens (including phenoxy) is 2. The normalized spacial score (nSPS) is 13.3. The van der Waals surface area contributed by atoms with Gasteiger partial charge in [-0.25, -0.2) is 0 Å². The van der Waals surface area contributed by atoms with Crippen LogP contribution in [0, 0.1) is 0 Å². The van der Waals surface area contributed by atoms with Crippen LogP contribution in [0.4, 0.5) is 0 Å². The summed E-state index contributed by atoms with van der Waals surface area (Å²) in [7, 11) is 0. The molecule has 0 aromatic heterocycles. The molecule has 0 aliphatic heterocycles. The van der Waals surface area contributed by atoms with Gasteiger partial charge in [-0.2, -0.15) is 0 Å². The largest absolute Gasteiger partial charge is 0.428 e. The zero-order valence-corrected chi connectivity index (χ0v) is 19.2. The summed E-state index contributed by atoms with van der Waals surface area (Å²) in [4.78, 5) is 22.9. The topological polar surface area (TPSA) is 72.8 Å². The molecule has 0 saturated carbocycles. The van der Waals surface area contributed by atoms with Crippen molar-refractivity contribution in [2.75, 3.05) is 6.79 Å². The zero-order chi connectivity index (χ0) is 23.0. The van der Waals surface area contributed by atoms with Crippen LogP contribution < -0.4 is 0 Å². The summed E-state index contributed by atoms with van der Waals surface area (Å²) in [5.41, 5.74) is 0. The van der Waals surface area contributed by atoms with Gasteiger partial charge >= 0.3 is 11.9 Å². The fourth-order valence-corrected chi connectivity index (χ4v) is 2.36. The van der Waals surface area contributed by atoms with Crippen LogP contribution in [0.1, 0.15) is 78.1 Å². The Hall–Kier alpha value is -2.40. The van der Waals surface area contributed by atoms with E-state index in [2.05, 4.69) is 67.7 Å². The maximum atomic E-state index is 11.6. The standard InChI is InChI=1S/C26H40O5/c1-3-5-6-7-8-9-10-11-12-13-14-15-16-17-18-19-20-21-25(28)30-23-31-26(29)22-24(27)4-2/h5-6,8-9,11-12,14-15,17-18,24,27H,3-4,7,10,13,16,19-23H2,1-2H3/b6-5-,9-8-,12-11-,15-14-,18-17-. The average Bonchev–Trinajstić information content (AvgIpc) is 2.75. The molecular weight excluding hydrogens is 392 g/mol. The Kier molecular flexibility index (Phi) is 20.6. The summed E-state index contributed by atoms with van der Waals surface area (Å²) < 4.78 is 9.59. The number of unbranched alkanes of at least 4 members (excludes halogenated alkanes) is 1. The molecule has 1 unspecified atom stereocenters. The van der Waals surface area contributed by atoms with Gasteiger partial charge in [-0.1, -0.05) is 74.6 Å². The highest BCUT2D eigenvalue weighted by atomic mass is 16.7. The van der Waals surface area contributed by atoms with E-state index in [1.54, 1.807) is 6.92 Å². The number of hydrogen-bond donors (Lipinski definition) is 1. The van der Waals surface area contributed by atoms with Gasteiger partial charge in [-0.3, -0.25) is 9.59 Å². The Morgan fingerprint density at radius 3 is 1.74 bits per heavy atom. The molecule has 0 rings (SSSR count). The van der Waals surface area contributed by atoms with Crippen LogP contribution in [0.15, 0.2) is 60.8 Å². The monoisotopic (exact) mass is 432 g/mol. The molecule has 0 aromatic rings. The first kappa shape index (κ1) is 28.6. The lowest BCUT2D eigenvalue weighted by molar-refractivity contribution is -0.168. The molecule has 5 heteroatoms. The molecule has 0 heterocycles. The molecule has 0 saturated heterocycles. The van der Waals surface area contributed by atoms with Gasteiger partial charge in [0.15, 0.2) is 0 Å². The van der Waals surface area contributed by atoms with E-state index in [0.29, 0.717) is 12.8 Å². The van der Waals surface area contributed by atoms with Crippen molar-refractivity contribution in [1.29, 1.82) is 0 Å². The maximum absolute atomic E-state index is 11.6. The van der Waals surface area contributed by atoms with E-state index in [4.69, 9.17) is 9.47 Å². The lowest BCUT2D eigenvalue weighted by Gasteiger charge is -2.08. The summed E-state index contributed by atoms with van der Waals surface area (Å²) >= 11 is 0. The van der Waals surface area contributed by atoms with Crippen molar-refractivity contribution in [2.45, 2.75) is 84.2 Å². The lowest BCUT2D eigenvalue weighted by Crippen LogP contribution is -2.17. The third-order valence-corrected chi connectivity index (χ3v) is 4.22. The molecule has 0 aliphatic rings. The van der Waals surface area contributed by atoms with E-state index in [9.17, 15) is 14.7 Å². The molecule has 174 valence electrons. The summed E-state index contributed by atoms with van der Waals surface area (Å²) in [6.45, 7) is 3.52. The Bertz CT molecular complexity index is 599. The highest BCUT2D eigenvalue weighted by molar-refractivity contribution is 5.71. The minimum atomic E-state index is -0.716. The number of carbonyl (C=O) groups is 2. The lowest BCUT2D eigenvalue weighted by atomic mass is 10.2. The Morgan fingerprint density at radius 2 is 1.23 bits per heavy atom. The summed E-state index contributed by atoms with van der Waals surface area (Å²) in [5.74, 6) is -0.961. The quantitative estimate of drug-likeness (QED) is 0.122. The van der Waals surface area contributed by atoms with Gasteiger partial charge in [0.1, 0.15) is 0 Å². The summed E-state index contributed by atoms with van der Waals surface area (Å²) in [5, 5.41) is 9.33. The molecule has 0 radical (unpaired) electrons. The molecule has 1 N–H and O–H groups in total. The molecule has 5 nitrogen and oxygen atoms in total. The number of carbonyl (C=O) groups excluding carboxylic acids is 2. The Balaban J connectivity index is 3.59. The van der Waals surface area contributed by atoms with Crippen LogP contribution >= 0.6 is 0 Å². The number of aliphatic hydroxyl groups is 1. The molecular formula is C26H40O5. The first-order valence-corrected chi connectivity index (χ1v) is 11.3. The van der Waals surface area contributed by atoms with Crippen LogP contribution in [0.25, 0.3) is 0 Å². The fraction of sp³-hybridized carbons (Fsp3) is 0.538. The minimum absolute atomic E-state index is 0.0852. The van der Waals surface area contributed by atoms with Crippen LogP contribution in [0.3, 0.4) is 0 Å². The minimum Gasteiger partial charge on any atom is -0.428 e. The van der Waals surface area contributed by atoms with E-state index < -0.39 is 24.8 Å². The van der Waals surface area contributed by atoms with Gasteiger partial charge in [-0.05, 0) is 51.4 Å². The Labute approximate surface area is 188 Å². The third kappa shape index (κ3) is 22.1. The SMILES string of the molecule is CC/C=C\C/C=C\C/C=C\C/C=C\C/C=C\CCCC(=O)OCOC(=O)CC(O)CC. The highest BCUT2D eigenvalue weighted by Gasteiger charge is 2.10. The van der Waals surface area contributed by atoms with Crippen LogP contribution in [0.2, 0.25) is 0 Å². The van der Waals surface area contributed by atoms with Gasteiger partial charge in [0, 0.05) is 6.42 Å². The molecule has 0 amide bonds. The van der Waals surface area contributed by atoms with Crippen LogP contribution in [0.5, 0.6) is 0 Å². The van der Waals surface area contributed by atoms with Crippen molar-refractivity contribution in [3.05, 3.63) is 60.8 Å². The third-order valence-electron chi connectivity index (χ3n) is 4.22. The summed E-state index contributed by atoms with van der Waals surface area (Å²) in [6.07, 6.45) is 27.8. The van der Waals surface area contributed by atoms with Gasteiger partial charge in [0.2, 0.25) is 6.79 Å². The number of rotatable bonds is 18. The fourth-order valence-electron chi connectivity index (χ4n) is 2.36. The predicted octanol–water partition coefficient (Wildman–Crippen LogP) is 6.11. The second-order valence-electron chi connectivity index (χ2n) is 7.02. The van der Waals surface area contributed by atoms with E-state index in [1.165, 1.54) is 0 Å². The summed E-state index contributed by atoms with van der Waals surface area (Å²) in [6, 6.07) is 0. The van der Waals surface area contributed by atoms with E-state index in [1.807, 2.05) is 0 Å².